The molecule has 72 valence electrons. The monoisotopic (exact) mass is 183 g/mol. The first-order chi connectivity index (χ1) is 6.13. The normalized spacial score (nSPS) is 32.0. The Hall–Kier alpha value is -1.16. The summed E-state index contributed by atoms with van der Waals surface area (Å²) in [5.74, 6) is -0.229. The lowest BCUT2D eigenvalue weighted by molar-refractivity contribution is -0.621. The zero-order valence-electron chi connectivity index (χ0n) is 7.77. The summed E-state index contributed by atoms with van der Waals surface area (Å²) in [6, 6.07) is 0. The Morgan fingerprint density at radius 2 is 2.31 bits per heavy atom. The highest BCUT2D eigenvalue weighted by atomic mass is 16.7. The summed E-state index contributed by atoms with van der Waals surface area (Å²) in [4.78, 5) is 10.5. The van der Waals surface area contributed by atoms with Crippen LogP contribution in [0, 0.1) is 16.0 Å². The molecule has 0 aromatic heterocycles. The zero-order chi connectivity index (χ0) is 9.90. The molecule has 0 aliphatic heterocycles. The summed E-state index contributed by atoms with van der Waals surface area (Å²) < 4.78 is 5.21. The van der Waals surface area contributed by atoms with Gasteiger partial charge in [-0.25, -0.2) is 0 Å². The van der Waals surface area contributed by atoms with E-state index in [2.05, 4.69) is 0 Å². The smallest absolute Gasteiger partial charge is 0.311 e. The second kappa shape index (κ2) is 3.70. The van der Waals surface area contributed by atoms with Crippen LogP contribution in [0.1, 0.15) is 13.8 Å². The van der Waals surface area contributed by atoms with Crippen molar-refractivity contribution < 1.29 is 9.66 Å². The molecule has 0 saturated carbocycles. The van der Waals surface area contributed by atoms with E-state index in [0.717, 1.165) is 0 Å². The van der Waals surface area contributed by atoms with Gasteiger partial charge in [0.25, 0.3) is 0 Å². The van der Waals surface area contributed by atoms with Crippen molar-refractivity contribution in [2.75, 3.05) is 6.61 Å². The summed E-state index contributed by atoms with van der Waals surface area (Å²) in [6.07, 6.45) is 6.73. The second-order valence-corrected chi connectivity index (χ2v) is 2.97. The minimum Gasteiger partial charge on any atom is -0.311 e. The molecule has 1 aliphatic carbocycles. The number of rotatable bonds is 3. The lowest BCUT2D eigenvalue weighted by Crippen LogP contribution is -2.45. The fourth-order valence-electron chi connectivity index (χ4n) is 1.40. The summed E-state index contributed by atoms with van der Waals surface area (Å²) >= 11 is 0. The van der Waals surface area contributed by atoms with E-state index in [1.807, 2.05) is 0 Å². The number of ether oxygens (including phenoxy) is 1. The van der Waals surface area contributed by atoms with Gasteiger partial charge in [-0.05, 0) is 13.8 Å². The maximum Gasteiger partial charge on any atom is 0.350 e. The lowest BCUT2D eigenvalue weighted by atomic mass is 9.93. The Balaban J connectivity index is 2.96. The highest BCUT2D eigenvalue weighted by molar-refractivity contribution is 5.17. The van der Waals surface area contributed by atoms with E-state index in [4.69, 9.17) is 4.74 Å². The fraction of sp³-hybridized carbons (Fsp3) is 0.556. The Bertz CT molecular complexity index is 260. The molecule has 0 radical (unpaired) electrons. The van der Waals surface area contributed by atoms with E-state index in [1.54, 1.807) is 32.1 Å². The average Bonchev–Trinajstić information content (AvgIpc) is 2.09. The van der Waals surface area contributed by atoms with Gasteiger partial charge in [0.15, 0.2) is 0 Å². The molecule has 0 saturated heterocycles. The summed E-state index contributed by atoms with van der Waals surface area (Å²) in [5.41, 5.74) is -1.36. The van der Waals surface area contributed by atoms with Gasteiger partial charge in [-0.1, -0.05) is 18.2 Å². The SMILES string of the molecule is CCOC1([N+](=O)[O-])C=CC=CC1C. The molecule has 0 N–H and O–H groups in total. The summed E-state index contributed by atoms with van der Waals surface area (Å²) in [6.45, 7) is 3.87. The van der Waals surface area contributed by atoms with E-state index in [1.165, 1.54) is 6.08 Å². The van der Waals surface area contributed by atoms with Gasteiger partial charge in [-0.3, -0.25) is 10.1 Å². The van der Waals surface area contributed by atoms with Crippen LogP contribution in [0.15, 0.2) is 24.3 Å². The molecule has 4 nitrogen and oxygen atoms in total. The molecule has 1 aliphatic rings. The number of nitro groups is 1. The van der Waals surface area contributed by atoms with Crippen LogP contribution in [-0.2, 0) is 4.74 Å². The highest BCUT2D eigenvalue weighted by Crippen LogP contribution is 2.28. The van der Waals surface area contributed by atoms with E-state index >= 15 is 0 Å². The van der Waals surface area contributed by atoms with Crippen LogP contribution in [0.3, 0.4) is 0 Å². The third-order valence-corrected chi connectivity index (χ3v) is 2.16. The quantitative estimate of drug-likeness (QED) is 0.380. The molecule has 2 unspecified atom stereocenters. The molecule has 13 heavy (non-hydrogen) atoms. The van der Waals surface area contributed by atoms with Gasteiger partial charge < -0.3 is 4.74 Å². The minimum atomic E-state index is -1.36. The average molecular weight is 183 g/mol. The van der Waals surface area contributed by atoms with Gasteiger partial charge in [0.05, 0.1) is 17.4 Å². The van der Waals surface area contributed by atoms with Crippen molar-refractivity contribution in [1.29, 1.82) is 0 Å². The van der Waals surface area contributed by atoms with Gasteiger partial charge in [0.2, 0.25) is 0 Å². The Morgan fingerprint density at radius 1 is 1.62 bits per heavy atom. The van der Waals surface area contributed by atoms with E-state index in [9.17, 15) is 10.1 Å². The van der Waals surface area contributed by atoms with Crippen LogP contribution in [-0.4, -0.2) is 17.3 Å². The molecular formula is C9H13NO3. The number of hydrogen-bond acceptors (Lipinski definition) is 3. The van der Waals surface area contributed by atoms with Crippen molar-refractivity contribution in [2.24, 2.45) is 5.92 Å². The third kappa shape index (κ3) is 1.62. The highest BCUT2D eigenvalue weighted by Gasteiger charge is 2.46. The van der Waals surface area contributed by atoms with Gasteiger partial charge in [-0.15, -0.1) is 0 Å². The van der Waals surface area contributed by atoms with Crippen molar-refractivity contribution in [2.45, 2.75) is 19.6 Å². The largest absolute Gasteiger partial charge is 0.350 e. The van der Waals surface area contributed by atoms with Crippen LogP contribution >= 0.6 is 0 Å². The van der Waals surface area contributed by atoms with E-state index < -0.39 is 5.72 Å². The predicted molar refractivity (Wildman–Crippen MR) is 48.8 cm³/mol. The third-order valence-electron chi connectivity index (χ3n) is 2.16. The summed E-state index contributed by atoms with van der Waals surface area (Å²) in [7, 11) is 0. The maximum atomic E-state index is 10.9. The molecular weight excluding hydrogens is 170 g/mol. The first-order valence-electron chi connectivity index (χ1n) is 4.28. The maximum absolute atomic E-state index is 10.9. The topological polar surface area (TPSA) is 52.4 Å². The predicted octanol–water partition coefficient (Wildman–Crippen LogP) is 1.76. The summed E-state index contributed by atoms with van der Waals surface area (Å²) in [5, 5.41) is 10.9. The minimum absolute atomic E-state index is 0.229. The standard InChI is InChI=1S/C9H13NO3/c1-3-13-9(10(11)12)7-5-4-6-8(9)2/h4-8H,3H2,1-2H3. The molecule has 1 rings (SSSR count). The van der Waals surface area contributed by atoms with Crippen LogP contribution in [0.4, 0.5) is 0 Å². The molecule has 0 aromatic carbocycles. The van der Waals surface area contributed by atoms with Gasteiger partial charge in [-0.2, -0.15) is 0 Å². The number of nitrogens with zero attached hydrogens (tertiary/aromatic N) is 1. The Morgan fingerprint density at radius 3 is 2.77 bits per heavy atom. The van der Waals surface area contributed by atoms with Crippen molar-refractivity contribution >= 4 is 0 Å². The van der Waals surface area contributed by atoms with Gasteiger partial charge in [0, 0.05) is 6.08 Å². The molecule has 0 spiro atoms. The van der Waals surface area contributed by atoms with Crippen molar-refractivity contribution in [1.82, 2.24) is 0 Å². The number of allylic oxidation sites excluding steroid dienone is 2. The van der Waals surface area contributed by atoms with Crippen LogP contribution in [0.25, 0.3) is 0 Å². The Labute approximate surface area is 77.0 Å². The zero-order valence-corrected chi connectivity index (χ0v) is 7.77. The Kier molecular flexibility index (Phi) is 2.83. The van der Waals surface area contributed by atoms with E-state index in [0.29, 0.717) is 6.61 Å². The molecule has 4 heteroatoms. The van der Waals surface area contributed by atoms with Crippen molar-refractivity contribution in [3.63, 3.8) is 0 Å². The number of hydrogen-bond donors (Lipinski definition) is 0. The molecule has 0 fully saturated rings. The second-order valence-electron chi connectivity index (χ2n) is 2.97. The molecule has 0 amide bonds. The van der Waals surface area contributed by atoms with Crippen LogP contribution in [0.5, 0.6) is 0 Å². The first kappa shape index (κ1) is 9.92. The van der Waals surface area contributed by atoms with E-state index in [-0.39, 0.29) is 10.8 Å². The molecule has 0 bridgehead atoms. The molecule has 2 atom stereocenters. The molecule has 0 aromatic rings. The van der Waals surface area contributed by atoms with Crippen LogP contribution in [0.2, 0.25) is 0 Å². The van der Waals surface area contributed by atoms with Crippen LogP contribution < -0.4 is 0 Å². The fourth-order valence-corrected chi connectivity index (χ4v) is 1.40. The molecule has 0 heterocycles. The first-order valence-corrected chi connectivity index (χ1v) is 4.28. The van der Waals surface area contributed by atoms with Crippen molar-refractivity contribution in [3.8, 4) is 0 Å². The van der Waals surface area contributed by atoms with Crippen molar-refractivity contribution in [3.05, 3.63) is 34.4 Å². The van der Waals surface area contributed by atoms with Gasteiger partial charge in [0.1, 0.15) is 0 Å². The van der Waals surface area contributed by atoms with Gasteiger partial charge >= 0.3 is 5.72 Å². The lowest BCUT2D eigenvalue weighted by Gasteiger charge is -2.27.